The third-order valence-electron chi connectivity index (χ3n) is 2.09. The summed E-state index contributed by atoms with van der Waals surface area (Å²) >= 11 is 0. The van der Waals surface area contributed by atoms with Crippen LogP contribution in [0.25, 0.3) is 0 Å². The molecule has 7 nitrogen and oxygen atoms in total. The van der Waals surface area contributed by atoms with Gasteiger partial charge in [-0.05, 0) is 11.6 Å². The third kappa shape index (κ3) is 6.47. The minimum atomic E-state index is -2.97. The van der Waals surface area contributed by atoms with E-state index in [0.29, 0.717) is 5.56 Å². The number of ether oxygens (including phenoxy) is 1. The number of hydrogen-bond acceptors (Lipinski definition) is 4. The number of carbonyl (C=O) groups excluding carboxylic acids is 1. The lowest BCUT2D eigenvalue weighted by Crippen LogP contribution is -2.36. The van der Waals surface area contributed by atoms with Crippen molar-refractivity contribution in [2.45, 2.75) is 19.6 Å². The highest BCUT2D eigenvalue weighted by Crippen LogP contribution is 2.11. The highest BCUT2D eigenvalue weighted by molar-refractivity contribution is 5.74. The average molecular weight is 289 g/mol. The number of hydrogen-bond donors (Lipinski definition) is 3. The van der Waals surface area contributed by atoms with Crippen molar-refractivity contribution in [3.8, 4) is 5.88 Å². The summed E-state index contributed by atoms with van der Waals surface area (Å²) in [6, 6.07) is 2.24. The normalized spacial score (nSPS) is 10.2. The van der Waals surface area contributed by atoms with Crippen LogP contribution < -0.4 is 15.4 Å². The fourth-order valence-corrected chi connectivity index (χ4v) is 1.24. The molecule has 0 aliphatic carbocycles. The Labute approximate surface area is 113 Å². The zero-order valence-corrected chi connectivity index (χ0v) is 10.3. The van der Waals surface area contributed by atoms with E-state index < -0.39 is 18.6 Å². The number of pyridine rings is 1. The second-order valence-electron chi connectivity index (χ2n) is 3.63. The van der Waals surface area contributed by atoms with Crippen molar-refractivity contribution in [1.29, 1.82) is 0 Å². The quantitative estimate of drug-likeness (QED) is 0.694. The molecule has 0 atom stereocenters. The number of amides is 2. The monoisotopic (exact) mass is 289 g/mol. The smallest absolute Gasteiger partial charge is 0.388 e. The van der Waals surface area contributed by atoms with Crippen LogP contribution in [0.1, 0.15) is 12.0 Å². The summed E-state index contributed by atoms with van der Waals surface area (Å²) in [6.45, 7) is -2.90. The van der Waals surface area contributed by atoms with Gasteiger partial charge in [-0.15, -0.1) is 0 Å². The van der Waals surface area contributed by atoms with Crippen molar-refractivity contribution >= 4 is 12.0 Å². The molecule has 0 aliphatic heterocycles. The third-order valence-corrected chi connectivity index (χ3v) is 2.09. The van der Waals surface area contributed by atoms with E-state index >= 15 is 0 Å². The van der Waals surface area contributed by atoms with E-state index in [4.69, 9.17) is 5.11 Å². The number of rotatable bonds is 7. The Morgan fingerprint density at radius 1 is 1.40 bits per heavy atom. The lowest BCUT2D eigenvalue weighted by Gasteiger charge is -2.08. The molecule has 0 aromatic carbocycles. The summed E-state index contributed by atoms with van der Waals surface area (Å²) in [5.74, 6) is -1.26. The second kappa shape index (κ2) is 7.87. The Hall–Kier alpha value is -2.45. The molecule has 0 spiro atoms. The Morgan fingerprint density at radius 3 is 2.80 bits per heavy atom. The van der Waals surface area contributed by atoms with Crippen LogP contribution in [0.5, 0.6) is 5.88 Å². The molecular weight excluding hydrogens is 276 g/mol. The molecule has 1 aromatic heterocycles. The zero-order chi connectivity index (χ0) is 15.0. The van der Waals surface area contributed by atoms with Crippen LogP contribution in [-0.4, -0.2) is 35.2 Å². The highest BCUT2D eigenvalue weighted by Gasteiger charge is 2.07. The maximum absolute atomic E-state index is 12.0. The Morgan fingerprint density at radius 2 is 2.15 bits per heavy atom. The molecule has 110 valence electrons. The molecule has 0 radical (unpaired) electrons. The van der Waals surface area contributed by atoms with Gasteiger partial charge in [-0.3, -0.25) is 4.79 Å². The van der Waals surface area contributed by atoms with Crippen molar-refractivity contribution in [3.05, 3.63) is 23.9 Å². The molecule has 9 heteroatoms. The standard InChI is InChI=1S/C11H13F2N3O4/c12-10(13)20-8-5-7(1-3-14-8)6-16-11(19)15-4-2-9(17)18/h1,3,5,10H,2,4,6H2,(H,17,18)(H2,15,16,19). The average Bonchev–Trinajstić information content (AvgIpc) is 2.35. The van der Waals surface area contributed by atoms with Crippen LogP contribution in [-0.2, 0) is 11.3 Å². The molecule has 0 saturated carbocycles. The summed E-state index contributed by atoms with van der Waals surface area (Å²) in [5, 5.41) is 13.2. The van der Waals surface area contributed by atoms with E-state index in [1.807, 2.05) is 0 Å². The molecule has 20 heavy (non-hydrogen) atoms. The first-order valence-electron chi connectivity index (χ1n) is 5.60. The summed E-state index contributed by atoms with van der Waals surface area (Å²) in [4.78, 5) is 25.1. The minimum Gasteiger partial charge on any atom is -0.481 e. The summed E-state index contributed by atoms with van der Waals surface area (Å²) in [6.07, 6.45) is 1.09. The van der Waals surface area contributed by atoms with E-state index in [2.05, 4.69) is 20.4 Å². The van der Waals surface area contributed by atoms with Crippen molar-refractivity contribution in [2.24, 2.45) is 0 Å². The molecule has 3 N–H and O–H groups in total. The molecule has 2 amide bonds. The predicted octanol–water partition coefficient (Wildman–Crippen LogP) is 0.957. The number of carboxylic acids is 1. The summed E-state index contributed by atoms with van der Waals surface area (Å²) in [7, 11) is 0. The molecular formula is C11H13F2N3O4. The first kappa shape index (κ1) is 15.6. The predicted molar refractivity (Wildman–Crippen MR) is 63.4 cm³/mol. The maximum Gasteiger partial charge on any atom is 0.388 e. The van der Waals surface area contributed by atoms with E-state index in [0.717, 1.165) is 0 Å². The number of urea groups is 1. The van der Waals surface area contributed by atoms with Gasteiger partial charge in [0.1, 0.15) is 0 Å². The van der Waals surface area contributed by atoms with Gasteiger partial charge < -0.3 is 20.5 Å². The topological polar surface area (TPSA) is 101 Å². The SMILES string of the molecule is O=C(O)CCNC(=O)NCc1ccnc(OC(F)F)c1. The molecule has 0 fully saturated rings. The van der Waals surface area contributed by atoms with Gasteiger partial charge in [0.2, 0.25) is 5.88 Å². The number of nitrogens with zero attached hydrogens (tertiary/aromatic N) is 1. The zero-order valence-electron chi connectivity index (χ0n) is 10.3. The van der Waals surface area contributed by atoms with Crippen LogP contribution in [0, 0.1) is 0 Å². The van der Waals surface area contributed by atoms with Crippen LogP contribution in [0.2, 0.25) is 0 Å². The number of carboxylic acid groups (broad SMARTS) is 1. The van der Waals surface area contributed by atoms with Gasteiger partial charge in [0.25, 0.3) is 0 Å². The first-order chi connectivity index (χ1) is 9.47. The van der Waals surface area contributed by atoms with Crippen molar-refractivity contribution < 1.29 is 28.2 Å². The fourth-order valence-electron chi connectivity index (χ4n) is 1.24. The molecule has 1 heterocycles. The number of nitrogens with one attached hydrogen (secondary N) is 2. The van der Waals surface area contributed by atoms with Crippen molar-refractivity contribution in [3.63, 3.8) is 0 Å². The van der Waals surface area contributed by atoms with E-state index in [1.54, 1.807) is 0 Å². The van der Waals surface area contributed by atoms with E-state index in [-0.39, 0.29) is 25.4 Å². The van der Waals surface area contributed by atoms with E-state index in [9.17, 15) is 18.4 Å². The minimum absolute atomic E-state index is 0.00272. The summed E-state index contributed by atoms with van der Waals surface area (Å²) in [5.41, 5.74) is 0.518. The largest absolute Gasteiger partial charge is 0.481 e. The molecule has 0 aliphatic rings. The van der Waals surface area contributed by atoms with Crippen molar-refractivity contribution in [1.82, 2.24) is 15.6 Å². The molecule has 1 aromatic rings. The summed E-state index contributed by atoms with van der Waals surface area (Å²) < 4.78 is 28.1. The van der Waals surface area contributed by atoms with Gasteiger partial charge in [0.05, 0.1) is 6.42 Å². The van der Waals surface area contributed by atoms with Gasteiger partial charge in [-0.1, -0.05) is 0 Å². The van der Waals surface area contributed by atoms with Crippen LogP contribution in [0.15, 0.2) is 18.3 Å². The van der Waals surface area contributed by atoms with Crippen LogP contribution >= 0.6 is 0 Å². The Kier molecular flexibility index (Phi) is 6.14. The van der Waals surface area contributed by atoms with Gasteiger partial charge >= 0.3 is 18.6 Å². The first-order valence-corrected chi connectivity index (χ1v) is 5.60. The fraction of sp³-hybridized carbons (Fsp3) is 0.364. The number of aliphatic carboxylic acids is 1. The maximum atomic E-state index is 12.0. The van der Waals surface area contributed by atoms with Gasteiger partial charge in [0, 0.05) is 25.4 Å². The highest BCUT2D eigenvalue weighted by atomic mass is 19.3. The Bertz CT molecular complexity index is 471. The van der Waals surface area contributed by atoms with Crippen molar-refractivity contribution in [2.75, 3.05) is 6.54 Å². The van der Waals surface area contributed by atoms with Gasteiger partial charge in [0.15, 0.2) is 0 Å². The number of halogens is 2. The lowest BCUT2D eigenvalue weighted by atomic mass is 10.2. The van der Waals surface area contributed by atoms with E-state index in [1.165, 1.54) is 18.3 Å². The molecule has 0 bridgehead atoms. The number of alkyl halides is 2. The molecule has 0 saturated heterocycles. The number of carbonyl (C=O) groups is 2. The lowest BCUT2D eigenvalue weighted by molar-refractivity contribution is -0.136. The second-order valence-corrected chi connectivity index (χ2v) is 3.63. The van der Waals surface area contributed by atoms with Crippen LogP contribution in [0.4, 0.5) is 13.6 Å². The van der Waals surface area contributed by atoms with Gasteiger partial charge in [-0.2, -0.15) is 8.78 Å². The number of aromatic nitrogens is 1. The molecule has 0 unspecified atom stereocenters. The Balaban J connectivity index is 2.37. The van der Waals surface area contributed by atoms with Gasteiger partial charge in [-0.25, -0.2) is 9.78 Å². The van der Waals surface area contributed by atoms with Crippen LogP contribution in [0.3, 0.4) is 0 Å². The molecule has 1 rings (SSSR count).